The van der Waals surface area contributed by atoms with Crippen LogP contribution in [0.2, 0.25) is 0 Å². The van der Waals surface area contributed by atoms with E-state index in [0.717, 1.165) is 6.08 Å². The predicted molar refractivity (Wildman–Crippen MR) is 41.4 cm³/mol. The first-order chi connectivity index (χ1) is 5.58. The molecule has 1 aliphatic rings. The first kappa shape index (κ1) is 8.80. The van der Waals surface area contributed by atoms with Crippen LogP contribution in [0.1, 0.15) is 6.42 Å². The molecule has 12 heavy (non-hydrogen) atoms. The van der Waals surface area contributed by atoms with Crippen molar-refractivity contribution in [1.82, 2.24) is 0 Å². The first-order valence-electron chi connectivity index (χ1n) is 3.47. The maximum absolute atomic E-state index is 11.0. The Labute approximate surface area is 69.8 Å². The minimum absolute atomic E-state index is 0.129. The highest BCUT2D eigenvalue weighted by Gasteiger charge is 2.35. The molecule has 0 aromatic heterocycles. The minimum Gasteiger partial charge on any atom is -0.508 e. The molecule has 4 heteroatoms. The van der Waals surface area contributed by atoms with Gasteiger partial charge in [0.15, 0.2) is 5.60 Å². The molecular formula is C8H10O4. The van der Waals surface area contributed by atoms with Gasteiger partial charge >= 0.3 is 5.97 Å². The van der Waals surface area contributed by atoms with E-state index in [1.807, 2.05) is 0 Å². The van der Waals surface area contributed by atoms with Crippen LogP contribution < -0.4 is 0 Å². The second-order valence-electron chi connectivity index (χ2n) is 2.59. The summed E-state index contributed by atoms with van der Waals surface area (Å²) in [5.74, 6) is -0.896. The molecule has 1 unspecified atom stereocenters. The number of aliphatic hydroxyl groups is 2. The van der Waals surface area contributed by atoms with Gasteiger partial charge in [0.1, 0.15) is 5.76 Å². The van der Waals surface area contributed by atoms with E-state index < -0.39 is 11.6 Å². The molecule has 1 atom stereocenters. The average Bonchev–Trinajstić information content (AvgIpc) is 2.02. The Balaban J connectivity index is 2.87. The van der Waals surface area contributed by atoms with Crippen molar-refractivity contribution in [2.45, 2.75) is 12.0 Å². The molecule has 0 aromatic rings. The van der Waals surface area contributed by atoms with Gasteiger partial charge in [0.2, 0.25) is 0 Å². The molecule has 0 aromatic carbocycles. The Morgan fingerprint density at radius 2 is 2.42 bits per heavy atom. The van der Waals surface area contributed by atoms with E-state index >= 15 is 0 Å². The molecule has 0 aliphatic heterocycles. The van der Waals surface area contributed by atoms with Gasteiger partial charge in [-0.3, -0.25) is 0 Å². The number of aliphatic hydroxyl groups excluding tert-OH is 1. The van der Waals surface area contributed by atoms with Gasteiger partial charge < -0.3 is 14.9 Å². The summed E-state index contributed by atoms with van der Waals surface area (Å²) in [6.07, 6.45) is 4.12. The summed E-state index contributed by atoms with van der Waals surface area (Å²) < 4.78 is 4.36. The van der Waals surface area contributed by atoms with Gasteiger partial charge in [0, 0.05) is 12.5 Å². The lowest BCUT2D eigenvalue weighted by Crippen LogP contribution is -2.38. The van der Waals surface area contributed by atoms with Crippen molar-refractivity contribution in [3.63, 3.8) is 0 Å². The normalized spacial score (nSPS) is 28.0. The van der Waals surface area contributed by atoms with Crippen molar-refractivity contribution in [3.05, 3.63) is 24.0 Å². The number of hydrogen-bond donors (Lipinski definition) is 2. The lowest BCUT2D eigenvalue weighted by Gasteiger charge is -2.22. The summed E-state index contributed by atoms with van der Waals surface area (Å²) >= 11 is 0. The van der Waals surface area contributed by atoms with Crippen molar-refractivity contribution in [3.8, 4) is 0 Å². The van der Waals surface area contributed by atoms with Crippen LogP contribution in [0.3, 0.4) is 0 Å². The smallest absolute Gasteiger partial charge is 0.342 e. The third-order valence-electron chi connectivity index (χ3n) is 1.64. The zero-order valence-electron chi connectivity index (χ0n) is 6.65. The fraction of sp³-hybridized carbons (Fsp3) is 0.375. The topological polar surface area (TPSA) is 66.8 Å². The van der Waals surface area contributed by atoms with Gasteiger partial charge in [-0.2, -0.15) is 0 Å². The number of hydrogen-bond acceptors (Lipinski definition) is 4. The summed E-state index contributed by atoms with van der Waals surface area (Å²) in [5.41, 5.74) is -1.70. The molecule has 4 nitrogen and oxygen atoms in total. The molecule has 1 aliphatic carbocycles. The van der Waals surface area contributed by atoms with Gasteiger partial charge in [-0.05, 0) is 6.08 Å². The molecule has 0 fully saturated rings. The summed E-state index contributed by atoms with van der Waals surface area (Å²) in [6.45, 7) is 0. The zero-order valence-corrected chi connectivity index (χ0v) is 6.65. The highest BCUT2D eigenvalue weighted by molar-refractivity contribution is 5.82. The number of allylic oxidation sites excluding steroid dienone is 1. The molecule has 0 radical (unpaired) electrons. The molecular weight excluding hydrogens is 160 g/mol. The number of rotatable bonds is 1. The van der Waals surface area contributed by atoms with Crippen LogP contribution in [-0.4, -0.2) is 28.9 Å². The molecule has 0 saturated heterocycles. The number of ether oxygens (including phenoxy) is 1. The van der Waals surface area contributed by atoms with Gasteiger partial charge in [0.25, 0.3) is 0 Å². The van der Waals surface area contributed by atoms with Crippen molar-refractivity contribution in [1.29, 1.82) is 0 Å². The minimum atomic E-state index is -1.70. The van der Waals surface area contributed by atoms with Gasteiger partial charge in [0.05, 0.1) is 7.11 Å². The SMILES string of the molecule is COC(=O)C1(O)C=C(O)C=CC1. The van der Waals surface area contributed by atoms with Gasteiger partial charge in [-0.1, -0.05) is 6.08 Å². The van der Waals surface area contributed by atoms with Crippen LogP contribution >= 0.6 is 0 Å². The van der Waals surface area contributed by atoms with Gasteiger partial charge in [-0.15, -0.1) is 0 Å². The Morgan fingerprint density at radius 3 is 2.92 bits per heavy atom. The van der Waals surface area contributed by atoms with Crippen LogP contribution in [0.4, 0.5) is 0 Å². The maximum atomic E-state index is 11.0. The second-order valence-corrected chi connectivity index (χ2v) is 2.59. The number of carbonyl (C=O) groups excluding carboxylic acids is 1. The largest absolute Gasteiger partial charge is 0.508 e. The summed E-state index contributed by atoms with van der Waals surface area (Å²) in [4.78, 5) is 11.0. The van der Waals surface area contributed by atoms with Crippen LogP contribution in [0, 0.1) is 0 Å². The maximum Gasteiger partial charge on any atom is 0.342 e. The third kappa shape index (κ3) is 1.48. The first-order valence-corrected chi connectivity index (χ1v) is 3.47. The Morgan fingerprint density at radius 1 is 1.75 bits per heavy atom. The van der Waals surface area contributed by atoms with E-state index in [-0.39, 0.29) is 12.2 Å². The fourth-order valence-corrected chi connectivity index (χ4v) is 1.03. The summed E-state index contributed by atoms with van der Waals surface area (Å²) in [6, 6.07) is 0. The van der Waals surface area contributed by atoms with E-state index in [1.165, 1.54) is 19.3 Å². The standard InChI is InChI=1S/C8H10O4/c1-12-7(10)8(11)4-2-3-6(9)5-8/h2-3,5,9,11H,4H2,1H3. The van der Waals surface area contributed by atoms with Crippen LogP contribution in [-0.2, 0) is 9.53 Å². The monoisotopic (exact) mass is 170 g/mol. The van der Waals surface area contributed by atoms with E-state index in [1.54, 1.807) is 0 Å². The number of methoxy groups -OCH3 is 1. The molecule has 1 rings (SSSR count). The van der Waals surface area contributed by atoms with Gasteiger partial charge in [-0.25, -0.2) is 4.79 Å². The van der Waals surface area contributed by atoms with Crippen molar-refractivity contribution < 1.29 is 19.7 Å². The Bertz CT molecular complexity index is 254. The fourth-order valence-electron chi connectivity index (χ4n) is 1.03. The van der Waals surface area contributed by atoms with Crippen molar-refractivity contribution >= 4 is 5.97 Å². The molecule has 0 bridgehead atoms. The zero-order chi connectivity index (χ0) is 9.19. The lowest BCUT2D eigenvalue weighted by atomic mass is 9.95. The van der Waals surface area contributed by atoms with Crippen LogP contribution in [0.15, 0.2) is 24.0 Å². The quantitative estimate of drug-likeness (QED) is 0.555. The second kappa shape index (κ2) is 2.98. The van der Waals surface area contributed by atoms with E-state index in [4.69, 9.17) is 5.11 Å². The van der Waals surface area contributed by atoms with Crippen molar-refractivity contribution in [2.24, 2.45) is 0 Å². The lowest BCUT2D eigenvalue weighted by molar-refractivity contribution is -0.157. The highest BCUT2D eigenvalue weighted by Crippen LogP contribution is 2.21. The van der Waals surface area contributed by atoms with E-state index in [0.29, 0.717) is 0 Å². The molecule has 0 spiro atoms. The molecule has 66 valence electrons. The van der Waals surface area contributed by atoms with E-state index in [2.05, 4.69) is 4.74 Å². The van der Waals surface area contributed by atoms with Crippen LogP contribution in [0.25, 0.3) is 0 Å². The average molecular weight is 170 g/mol. The molecule has 0 saturated carbocycles. The predicted octanol–water partition coefficient (Wildman–Crippen LogP) is 0.292. The number of carbonyl (C=O) groups is 1. The molecule has 0 amide bonds. The summed E-state index contributed by atoms with van der Waals surface area (Å²) in [5, 5.41) is 18.5. The molecule has 2 N–H and O–H groups in total. The van der Waals surface area contributed by atoms with Crippen LogP contribution in [0.5, 0.6) is 0 Å². The molecule has 0 heterocycles. The Hall–Kier alpha value is -1.29. The Kier molecular flexibility index (Phi) is 2.19. The summed E-state index contributed by atoms with van der Waals surface area (Å²) in [7, 11) is 1.18. The van der Waals surface area contributed by atoms with E-state index in [9.17, 15) is 9.90 Å². The highest BCUT2D eigenvalue weighted by atomic mass is 16.5. The third-order valence-corrected chi connectivity index (χ3v) is 1.64. The number of esters is 1. The van der Waals surface area contributed by atoms with Crippen molar-refractivity contribution in [2.75, 3.05) is 7.11 Å².